The molecule has 1 aliphatic heterocycles. The number of ketones is 2. The molecule has 0 spiro atoms. The minimum Gasteiger partial charge on any atom is -0.458 e. The molecule has 30 heavy (non-hydrogen) atoms. The number of fused-ring (bicyclic) bond motifs is 1. The fourth-order valence-corrected chi connectivity index (χ4v) is 6.33. The number of hydrogen-bond acceptors (Lipinski definition) is 7. The van der Waals surface area contributed by atoms with Crippen molar-refractivity contribution in [3.8, 4) is 0 Å². The van der Waals surface area contributed by atoms with Gasteiger partial charge in [0.15, 0.2) is 15.6 Å². The monoisotopic (exact) mass is 446 g/mol. The molecule has 1 aromatic carbocycles. The van der Waals surface area contributed by atoms with Crippen molar-refractivity contribution in [3.05, 3.63) is 63.9 Å². The summed E-state index contributed by atoms with van der Waals surface area (Å²) in [5, 5.41) is 0. The summed E-state index contributed by atoms with van der Waals surface area (Å²) in [5.41, 5.74) is 1.32. The van der Waals surface area contributed by atoms with Gasteiger partial charge < -0.3 is 9.47 Å². The van der Waals surface area contributed by atoms with Crippen LogP contribution in [0.2, 0.25) is 0 Å². The zero-order valence-corrected chi connectivity index (χ0v) is 18.6. The van der Waals surface area contributed by atoms with Crippen LogP contribution in [-0.2, 0) is 32.2 Å². The predicted octanol–water partition coefficient (Wildman–Crippen LogP) is 3.95. The van der Waals surface area contributed by atoms with E-state index in [2.05, 4.69) is 0 Å². The number of rotatable bonds is 5. The average molecular weight is 447 g/mol. The molecule has 0 saturated carbocycles. The summed E-state index contributed by atoms with van der Waals surface area (Å²) in [5.74, 6) is -0.667. The Hall–Kier alpha value is -2.45. The Balaban J connectivity index is 1.64. The van der Waals surface area contributed by atoms with E-state index < -0.39 is 21.9 Å². The highest BCUT2D eigenvalue weighted by atomic mass is 32.2. The second-order valence-electron chi connectivity index (χ2n) is 8.47. The fourth-order valence-electron chi connectivity index (χ4n) is 3.85. The minimum atomic E-state index is -3.65. The van der Waals surface area contributed by atoms with Crippen LogP contribution in [0.1, 0.15) is 51.4 Å². The summed E-state index contributed by atoms with van der Waals surface area (Å²) < 4.78 is 35.8. The molecule has 0 fully saturated rings. The molecule has 1 aliphatic carbocycles. The Morgan fingerprint density at radius 2 is 1.90 bits per heavy atom. The number of carbonyl (C=O) groups excluding carboxylic acids is 2. The van der Waals surface area contributed by atoms with Gasteiger partial charge in [0.05, 0.1) is 10.4 Å². The Morgan fingerprint density at radius 3 is 2.57 bits per heavy atom. The topological polar surface area (TPSA) is 86.7 Å². The van der Waals surface area contributed by atoms with E-state index in [-0.39, 0.29) is 38.0 Å². The van der Waals surface area contributed by atoms with Crippen LogP contribution >= 0.6 is 11.3 Å². The second-order valence-corrected chi connectivity index (χ2v) is 11.7. The van der Waals surface area contributed by atoms with Crippen LogP contribution < -0.4 is 0 Å². The van der Waals surface area contributed by atoms with Gasteiger partial charge in [-0.25, -0.2) is 8.42 Å². The van der Waals surface area contributed by atoms with Crippen LogP contribution in [0.25, 0.3) is 0 Å². The molecule has 0 saturated heterocycles. The van der Waals surface area contributed by atoms with Crippen LogP contribution in [-0.4, -0.2) is 32.5 Å². The van der Waals surface area contributed by atoms with Gasteiger partial charge in [0.2, 0.25) is 17.8 Å². The van der Waals surface area contributed by atoms with Crippen LogP contribution in [0, 0.1) is 5.41 Å². The Labute approximate surface area is 179 Å². The first-order valence-corrected chi connectivity index (χ1v) is 12.3. The molecule has 0 radical (unpaired) electrons. The number of sulfone groups is 1. The summed E-state index contributed by atoms with van der Waals surface area (Å²) in [6.45, 7) is 3.87. The molecule has 0 amide bonds. The normalized spacial score (nSPS) is 20.2. The van der Waals surface area contributed by atoms with Gasteiger partial charge in [0, 0.05) is 19.1 Å². The van der Waals surface area contributed by atoms with E-state index in [0.717, 1.165) is 23.2 Å². The van der Waals surface area contributed by atoms with Crippen molar-refractivity contribution in [3.63, 3.8) is 0 Å². The van der Waals surface area contributed by atoms with Gasteiger partial charge >= 0.3 is 0 Å². The number of hydrogen-bond donors (Lipinski definition) is 0. The average Bonchev–Trinajstić information content (AvgIpc) is 3.25. The molecule has 6 nitrogen and oxygen atoms in total. The fraction of sp³-hybridized carbons (Fsp3) is 0.364. The van der Waals surface area contributed by atoms with Crippen LogP contribution in [0.3, 0.4) is 0 Å². The second kappa shape index (κ2) is 7.35. The van der Waals surface area contributed by atoms with E-state index in [0.29, 0.717) is 18.4 Å². The molecular formula is C22H22O6S2. The van der Waals surface area contributed by atoms with E-state index in [1.807, 2.05) is 44.2 Å². The first kappa shape index (κ1) is 20.8. The number of thiophene rings is 1. The zero-order valence-electron chi connectivity index (χ0n) is 16.9. The van der Waals surface area contributed by atoms with Gasteiger partial charge in [-0.05, 0) is 23.0 Å². The van der Waals surface area contributed by atoms with E-state index >= 15 is 0 Å². The Morgan fingerprint density at radius 1 is 1.20 bits per heavy atom. The van der Waals surface area contributed by atoms with Gasteiger partial charge in [0.1, 0.15) is 10.5 Å². The zero-order chi connectivity index (χ0) is 21.7. The van der Waals surface area contributed by atoms with E-state index in [1.54, 1.807) is 0 Å². The highest BCUT2D eigenvalue weighted by Gasteiger charge is 2.41. The molecule has 0 N–H and O–H groups in total. The molecule has 2 aliphatic rings. The van der Waals surface area contributed by atoms with E-state index in [4.69, 9.17) is 9.47 Å². The third-order valence-corrected chi connectivity index (χ3v) is 8.21. The number of ether oxygens (including phenoxy) is 2. The summed E-state index contributed by atoms with van der Waals surface area (Å²) in [6.07, 6.45) is 2.87. The lowest BCUT2D eigenvalue weighted by atomic mass is 9.74. The lowest BCUT2D eigenvalue weighted by Gasteiger charge is -2.29. The molecule has 2 heterocycles. The molecule has 158 valence electrons. The van der Waals surface area contributed by atoms with Crippen molar-refractivity contribution in [1.82, 2.24) is 0 Å². The quantitative estimate of drug-likeness (QED) is 0.647. The van der Waals surface area contributed by atoms with Crippen LogP contribution in [0.5, 0.6) is 0 Å². The lowest BCUT2D eigenvalue weighted by Crippen LogP contribution is -2.28. The molecule has 8 heteroatoms. The molecule has 1 unspecified atom stereocenters. The maximum atomic E-state index is 13.2. The minimum absolute atomic E-state index is 0.0239. The number of Topliss-reactive ketones (excluding diaryl/α,β-unsaturated/α-hetero) is 2. The highest BCUT2D eigenvalue weighted by molar-refractivity contribution is 7.92. The Kier molecular flexibility index (Phi) is 5.10. The largest absolute Gasteiger partial charge is 0.458 e. The number of benzene rings is 1. The van der Waals surface area contributed by atoms with Crippen molar-refractivity contribution in [2.75, 3.05) is 6.26 Å². The smallest absolute Gasteiger partial charge is 0.244 e. The third kappa shape index (κ3) is 3.94. The molecule has 0 bridgehead atoms. The SMILES string of the molecule is CC1(C)CC(=O)c2c(S(C)(=O)=O)sc(C(=O)C3=COC(Cc4ccccc4)O3)c2C1. The van der Waals surface area contributed by atoms with Crippen molar-refractivity contribution in [2.24, 2.45) is 5.41 Å². The van der Waals surface area contributed by atoms with Crippen molar-refractivity contribution < 1.29 is 27.5 Å². The van der Waals surface area contributed by atoms with Gasteiger partial charge in [-0.2, -0.15) is 0 Å². The van der Waals surface area contributed by atoms with E-state index in [9.17, 15) is 18.0 Å². The highest BCUT2D eigenvalue weighted by Crippen LogP contribution is 2.44. The maximum absolute atomic E-state index is 13.2. The molecule has 4 rings (SSSR count). The van der Waals surface area contributed by atoms with Crippen LogP contribution in [0.15, 0.2) is 46.6 Å². The number of carbonyl (C=O) groups is 2. The van der Waals surface area contributed by atoms with Gasteiger partial charge in [-0.15, -0.1) is 11.3 Å². The lowest BCUT2D eigenvalue weighted by molar-refractivity contribution is -0.0288. The summed E-state index contributed by atoms with van der Waals surface area (Å²) >= 11 is 0.852. The summed E-state index contributed by atoms with van der Waals surface area (Å²) in [4.78, 5) is 26.2. The first-order valence-electron chi connectivity index (χ1n) is 9.55. The van der Waals surface area contributed by atoms with Gasteiger partial charge in [0.25, 0.3) is 0 Å². The predicted molar refractivity (Wildman–Crippen MR) is 112 cm³/mol. The standard InChI is InChI=1S/C22H22O6S2/c1-22(2)10-14-18(15(23)11-22)21(30(3,25)26)29-20(14)19(24)16-12-27-17(28-16)9-13-7-5-4-6-8-13/h4-8,12,17H,9-11H2,1-3H3. The molecule has 1 aromatic heterocycles. The van der Waals surface area contributed by atoms with Crippen molar-refractivity contribution >= 4 is 32.7 Å². The summed E-state index contributed by atoms with van der Waals surface area (Å²) in [6, 6.07) is 9.61. The molecular weight excluding hydrogens is 424 g/mol. The van der Waals surface area contributed by atoms with Crippen molar-refractivity contribution in [2.45, 2.75) is 43.6 Å². The maximum Gasteiger partial charge on any atom is 0.244 e. The van der Waals surface area contributed by atoms with Crippen LogP contribution in [0.4, 0.5) is 0 Å². The third-order valence-electron chi connectivity index (χ3n) is 5.15. The Bertz CT molecular complexity index is 1160. The first-order chi connectivity index (χ1) is 14.0. The molecule has 2 aromatic rings. The van der Waals surface area contributed by atoms with Gasteiger partial charge in [-0.1, -0.05) is 44.2 Å². The van der Waals surface area contributed by atoms with Crippen molar-refractivity contribution in [1.29, 1.82) is 0 Å². The van der Waals surface area contributed by atoms with Gasteiger partial charge in [-0.3, -0.25) is 9.59 Å². The number of allylic oxidation sites excluding steroid dienone is 1. The van der Waals surface area contributed by atoms with E-state index in [1.165, 1.54) is 6.26 Å². The summed E-state index contributed by atoms with van der Waals surface area (Å²) in [7, 11) is -3.65. The molecule has 1 atom stereocenters.